The minimum absolute atomic E-state index is 0.0443. The summed E-state index contributed by atoms with van der Waals surface area (Å²) in [7, 11) is 0. The van der Waals surface area contributed by atoms with Crippen molar-refractivity contribution in [3.8, 4) is 5.75 Å². The molecule has 0 amide bonds. The summed E-state index contributed by atoms with van der Waals surface area (Å²) >= 11 is 0. The number of hydrogen-bond donors (Lipinski definition) is 0. The summed E-state index contributed by atoms with van der Waals surface area (Å²) in [5.74, 6) is -8.12. The molecule has 0 aromatic heterocycles. The van der Waals surface area contributed by atoms with E-state index in [1.807, 2.05) is 0 Å². The van der Waals surface area contributed by atoms with Gasteiger partial charge in [0.15, 0.2) is 23.3 Å². The molecule has 2 aromatic carbocycles. The van der Waals surface area contributed by atoms with Crippen LogP contribution in [0.2, 0.25) is 0 Å². The molecule has 0 radical (unpaired) electrons. The molecule has 132 valence electrons. The Balaban J connectivity index is 2.17. The maximum absolute atomic E-state index is 13.8. The number of halogens is 5. The van der Waals surface area contributed by atoms with Crippen LogP contribution in [0.4, 0.5) is 22.0 Å². The Kier molecular flexibility index (Phi) is 5.90. The first-order chi connectivity index (χ1) is 11.8. The van der Waals surface area contributed by atoms with E-state index in [2.05, 4.69) is 0 Å². The lowest BCUT2D eigenvalue weighted by atomic mass is 10.1. The van der Waals surface area contributed by atoms with Crippen LogP contribution in [0.1, 0.15) is 35.7 Å². The monoisotopic (exact) mass is 356 g/mol. The zero-order valence-electron chi connectivity index (χ0n) is 13.1. The van der Waals surface area contributed by atoms with Crippen LogP contribution >= 0.6 is 0 Å². The van der Waals surface area contributed by atoms with E-state index in [-0.39, 0.29) is 17.5 Å². The molecule has 0 saturated heterocycles. The Morgan fingerprint density at radius 1 is 0.960 bits per heavy atom. The summed E-state index contributed by atoms with van der Waals surface area (Å²) < 4.78 is 71.0. The van der Waals surface area contributed by atoms with Gasteiger partial charge in [0.2, 0.25) is 0 Å². The second kappa shape index (κ2) is 7.92. The van der Waals surface area contributed by atoms with Crippen molar-refractivity contribution in [2.45, 2.75) is 19.8 Å². The van der Waals surface area contributed by atoms with Crippen LogP contribution in [-0.2, 0) is 0 Å². The van der Waals surface area contributed by atoms with E-state index in [1.165, 1.54) is 24.3 Å². The predicted molar refractivity (Wildman–Crippen MR) is 81.8 cm³/mol. The number of carbonyl (C=O) groups excluding carboxylic acids is 1. The molecule has 0 aliphatic rings. The Labute approximate surface area is 140 Å². The molecule has 0 N–H and O–H groups in total. The number of rotatable bonds is 5. The Bertz CT molecular complexity index is 790. The fraction of sp³-hybridized carbons (Fsp3) is 0.167. The molecule has 0 unspecified atom stereocenters. The first-order valence-corrected chi connectivity index (χ1v) is 7.34. The standard InChI is InChI=1S/C18H13F5O2/c1-2-3-13(19)16(22)10-4-6-11(7-5-10)18(24)25-12-8-14(20)17(23)15(21)9-12/h4-9H,2-3H2,1H3. The molecule has 0 aliphatic carbocycles. The average molecular weight is 356 g/mol. The number of benzene rings is 2. The van der Waals surface area contributed by atoms with Gasteiger partial charge in [-0.25, -0.2) is 26.7 Å². The minimum atomic E-state index is -1.68. The van der Waals surface area contributed by atoms with Crippen LogP contribution < -0.4 is 4.74 Å². The highest BCUT2D eigenvalue weighted by atomic mass is 19.2. The summed E-state index contributed by atoms with van der Waals surface area (Å²) in [6, 6.07) is 5.74. The molecule has 2 aromatic rings. The van der Waals surface area contributed by atoms with Crippen LogP contribution in [0.15, 0.2) is 42.2 Å². The lowest BCUT2D eigenvalue weighted by molar-refractivity contribution is 0.0733. The largest absolute Gasteiger partial charge is 0.423 e. The second-order valence-corrected chi connectivity index (χ2v) is 5.14. The number of ether oxygens (including phenoxy) is 1. The molecule has 2 nitrogen and oxygen atoms in total. The molecule has 0 heterocycles. The van der Waals surface area contributed by atoms with Crippen LogP contribution in [0, 0.1) is 17.5 Å². The van der Waals surface area contributed by atoms with E-state index in [4.69, 9.17) is 4.74 Å². The maximum Gasteiger partial charge on any atom is 0.343 e. The first-order valence-electron chi connectivity index (χ1n) is 7.34. The summed E-state index contributed by atoms with van der Waals surface area (Å²) in [4.78, 5) is 11.9. The Morgan fingerprint density at radius 2 is 1.48 bits per heavy atom. The van der Waals surface area contributed by atoms with Gasteiger partial charge in [-0.3, -0.25) is 0 Å². The lowest BCUT2D eigenvalue weighted by Gasteiger charge is -2.06. The third-order valence-corrected chi connectivity index (χ3v) is 3.25. The first kappa shape index (κ1) is 18.6. The maximum atomic E-state index is 13.8. The molecule has 2 rings (SSSR count). The molecule has 25 heavy (non-hydrogen) atoms. The van der Waals surface area contributed by atoms with E-state index in [0.29, 0.717) is 18.6 Å². The van der Waals surface area contributed by atoms with Crippen molar-refractivity contribution < 1.29 is 31.5 Å². The summed E-state index contributed by atoms with van der Waals surface area (Å²) in [6.45, 7) is 1.70. The molecule has 0 aliphatic heterocycles. The smallest absolute Gasteiger partial charge is 0.343 e. The molecule has 0 spiro atoms. The molecule has 0 fully saturated rings. The van der Waals surface area contributed by atoms with Crippen molar-refractivity contribution in [1.82, 2.24) is 0 Å². The van der Waals surface area contributed by atoms with Gasteiger partial charge >= 0.3 is 5.97 Å². The zero-order chi connectivity index (χ0) is 18.6. The molecule has 0 saturated carbocycles. The van der Waals surface area contributed by atoms with Crippen LogP contribution in [-0.4, -0.2) is 5.97 Å². The summed E-state index contributed by atoms with van der Waals surface area (Å²) in [5.41, 5.74) is -0.112. The summed E-state index contributed by atoms with van der Waals surface area (Å²) in [5, 5.41) is 0. The van der Waals surface area contributed by atoms with Gasteiger partial charge in [0.1, 0.15) is 11.6 Å². The third-order valence-electron chi connectivity index (χ3n) is 3.25. The third kappa shape index (κ3) is 4.43. The van der Waals surface area contributed by atoms with Crippen LogP contribution in [0.3, 0.4) is 0 Å². The van der Waals surface area contributed by atoms with Crippen molar-refractivity contribution in [2.75, 3.05) is 0 Å². The molecule has 0 atom stereocenters. The minimum Gasteiger partial charge on any atom is -0.423 e. The van der Waals surface area contributed by atoms with Gasteiger partial charge in [-0.15, -0.1) is 0 Å². The normalized spacial score (nSPS) is 11.9. The lowest BCUT2D eigenvalue weighted by Crippen LogP contribution is -2.09. The van der Waals surface area contributed by atoms with Crippen LogP contribution in [0.25, 0.3) is 5.83 Å². The zero-order valence-corrected chi connectivity index (χ0v) is 13.1. The molecular formula is C18H13F5O2. The van der Waals surface area contributed by atoms with Gasteiger partial charge in [-0.05, 0) is 18.6 Å². The van der Waals surface area contributed by atoms with Gasteiger partial charge in [0, 0.05) is 24.1 Å². The SMILES string of the molecule is CCCC(F)=C(F)c1ccc(C(=O)Oc2cc(F)c(F)c(F)c2)cc1. The van der Waals surface area contributed by atoms with Crippen molar-refractivity contribution in [3.63, 3.8) is 0 Å². The van der Waals surface area contributed by atoms with Gasteiger partial charge in [0.25, 0.3) is 0 Å². The highest BCUT2D eigenvalue weighted by molar-refractivity contribution is 5.91. The molecule has 7 heteroatoms. The second-order valence-electron chi connectivity index (χ2n) is 5.14. The van der Waals surface area contributed by atoms with E-state index in [0.717, 1.165) is 0 Å². The van der Waals surface area contributed by atoms with E-state index >= 15 is 0 Å². The Morgan fingerprint density at radius 3 is 2.00 bits per heavy atom. The highest BCUT2D eigenvalue weighted by Crippen LogP contribution is 2.25. The Hall–Kier alpha value is -2.70. The number of esters is 1. The van der Waals surface area contributed by atoms with E-state index < -0.39 is 40.8 Å². The number of hydrogen-bond acceptors (Lipinski definition) is 2. The number of carbonyl (C=O) groups is 1. The predicted octanol–water partition coefficient (Wildman–Crippen LogP) is 5.73. The van der Waals surface area contributed by atoms with Gasteiger partial charge in [0.05, 0.1) is 5.56 Å². The average Bonchev–Trinajstić information content (AvgIpc) is 2.59. The van der Waals surface area contributed by atoms with Crippen molar-refractivity contribution in [1.29, 1.82) is 0 Å². The van der Waals surface area contributed by atoms with E-state index in [9.17, 15) is 26.7 Å². The fourth-order valence-corrected chi connectivity index (χ4v) is 2.00. The topological polar surface area (TPSA) is 26.3 Å². The van der Waals surface area contributed by atoms with Crippen LogP contribution in [0.5, 0.6) is 5.75 Å². The van der Waals surface area contributed by atoms with Gasteiger partial charge < -0.3 is 4.74 Å². The molecule has 0 bridgehead atoms. The van der Waals surface area contributed by atoms with E-state index in [1.54, 1.807) is 6.92 Å². The van der Waals surface area contributed by atoms with Crippen molar-refractivity contribution in [3.05, 3.63) is 70.8 Å². The van der Waals surface area contributed by atoms with Crippen molar-refractivity contribution in [2.24, 2.45) is 0 Å². The number of allylic oxidation sites excluding steroid dienone is 1. The van der Waals surface area contributed by atoms with Crippen molar-refractivity contribution >= 4 is 11.8 Å². The quantitative estimate of drug-likeness (QED) is 0.296. The summed E-state index contributed by atoms with van der Waals surface area (Å²) in [6.07, 6.45) is 0.395. The molecular weight excluding hydrogens is 343 g/mol. The van der Waals surface area contributed by atoms with Gasteiger partial charge in [-0.2, -0.15) is 0 Å². The highest BCUT2D eigenvalue weighted by Gasteiger charge is 2.15. The van der Waals surface area contributed by atoms with Gasteiger partial charge in [-0.1, -0.05) is 19.1 Å². The fourth-order valence-electron chi connectivity index (χ4n) is 2.00.